The van der Waals surface area contributed by atoms with Gasteiger partial charge in [0.1, 0.15) is 6.04 Å². The first kappa shape index (κ1) is 18.7. The summed E-state index contributed by atoms with van der Waals surface area (Å²) in [5.41, 5.74) is 3.01. The Bertz CT molecular complexity index is 729. The number of nitrogens with two attached hydrogens (primary N) is 1. The molecule has 0 radical (unpaired) electrons. The lowest BCUT2D eigenvalue weighted by Gasteiger charge is -2.31. The Hall–Kier alpha value is -1.61. The number of halogens is 4. The molecule has 0 aliphatic heterocycles. The fourth-order valence-electron chi connectivity index (χ4n) is 1.87. The van der Waals surface area contributed by atoms with Gasteiger partial charge in [-0.25, -0.2) is 0 Å². The molecule has 130 valence electrons. The van der Waals surface area contributed by atoms with Crippen molar-refractivity contribution in [3.63, 3.8) is 0 Å². The second kappa shape index (κ2) is 6.72. The van der Waals surface area contributed by atoms with Crippen molar-refractivity contribution in [2.45, 2.75) is 24.7 Å². The molecule has 24 heavy (non-hydrogen) atoms. The van der Waals surface area contributed by atoms with Gasteiger partial charge >= 0.3 is 6.18 Å². The second-order valence-electron chi connectivity index (χ2n) is 5.28. The lowest BCUT2D eigenvalue weighted by molar-refractivity contribution is -0.257. The summed E-state index contributed by atoms with van der Waals surface area (Å²) in [7, 11) is 0. The van der Waals surface area contributed by atoms with E-state index in [9.17, 15) is 23.1 Å². The molecule has 1 aromatic heterocycles. The highest BCUT2D eigenvalue weighted by Crippen LogP contribution is 2.36. The van der Waals surface area contributed by atoms with E-state index < -0.39 is 23.7 Å². The van der Waals surface area contributed by atoms with E-state index in [1.54, 1.807) is 35.7 Å². The molecule has 4 nitrogen and oxygen atoms in total. The van der Waals surface area contributed by atoms with E-state index in [0.29, 0.717) is 22.5 Å². The molecule has 0 aliphatic carbocycles. The molecular weight excluding hydrogens is 365 g/mol. The third-order valence-electron chi connectivity index (χ3n) is 3.49. The fraction of sp³-hybridized carbons (Fsp3) is 0.267. The van der Waals surface area contributed by atoms with E-state index in [2.05, 4.69) is 5.32 Å². The van der Waals surface area contributed by atoms with Crippen LogP contribution in [0.4, 0.5) is 18.9 Å². The normalized spacial score (nSPS) is 15.6. The third-order valence-corrected chi connectivity index (χ3v) is 4.71. The van der Waals surface area contributed by atoms with Gasteiger partial charge in [0, 0.05) is 5.02 Å². The van der Waals surface area contributed by atoms with Gasteiger partial charge in [-0.2, -0.15) is 13.2 Å². The highest BCUT2D eigenvalue weighted by molar-refractivity contribution is 7.14. The molecule has 1 amide bonds. The van der Waals surface area contributed by atoms with Crippen LogP contribution in [0.15, 0.2) is 35.7 Å². The number of carbonyl (C=O) groups is 1. The lowest BCUT2D eigenvalue weighted by atomic mass is 9.95. The van der Waals surface area contributed by atoms with E-state index in [1.165, 1.54) is 11.3 Å². The number of aliphatic hydroxyl groups is 1. The highest BCUT2D eigenvalue weighted by Gasteiger charge is 2.56. The van der Waals surface area contributed by atoms with Crippen LogP contribution in [0.1, 0.15) is 6.92 Å². The number of rotatable bonds is 4. The fourth-order valence-corrected chi connectivity index (χ4v) is 2.86. The molecule has 2 atom stereocenters. The van der Waals surface area contributed by atoms with Crippen LogP contribution in [-0.4, -0.2) is 28.8 Å². The van der Waals surface area contributed by atoms with Crippen molar-refractivity contribution in [3.05, 3.63) is 40.7 Å². The van der Waals surface area contributed by atoms with Crippen molar-refractivity contribution in [1.29, 1.82) is 0 Å². The molecule has 0 bridgehead atoms. The molecule has 9 heteroatoms. The Morgan fingerprint density at radius 1 is 1.29 bits per heavy atom. The molecule has 2 unspecified atom stereocenters. The molecule has 2 rings (SSSR count). The lowest BCUT2D eigenvalue weighted by Crippen LogP contribution is -2.60. The van der Waals surface area contributed by atoms with Gasteiger partial charge in [0.05, 0.1) is 10.6 Å². The topological polar surface area (TPSA) is 75.3 Å². The maximum absolute atomic E-state index is 12.8. The quantitative estimate of drug-likeness (QED) is 0.760. The summed E-state index contributed by atoms with van der Waals surface area (Å²) in [5.74, 6) is -1.13. The first-order valence-electron chi connectivity index (χ1n) is 6.73. The summed E-state index contributed by atoms with van der Waals surface area (Å²) < 4.78 is 38.4. The molecule has 0 spiro atoms. The predicted octanol–water partition coefficient (Wildman–Crippen LogP) is 3.65. The first-order chi connectivity index (χ1) is 11.0. The third kappa shape index (κ3) is 3.72. The van der Waals surface area contributed by atoms with Crippen molar-refractivity contribution < 1.29 is 23.1 Å². The van der Waals surface area contributed by atoms with Crippen LogP contribution in [0.5, 0.6) is 0 Å². The van der Waals surface area contributed by atoms with E-state index in [4.69, 9.17) is 17.3 Å². The molecule has 2 aromatic rings. The Morgan fingerprint density at radius 2 is 1.88 bits per heavy atom. The molecule has 1 aromatic carbocycles. The van der Waals surface area contributed by atoms with Crippen molar-refractivity contribution in [2.24, 2.45) is 5.73 Å². The average Bonchev–Trinajstić information content (AvgIpc) is 2.94. The smallest absolute Gasteiger partial charge is 0.379 e. The second-order valence-corrected chi connectivity index (χ2v) is 6.64. The first-order valence-corrected chi connectivity index (χ1v) is 7.99. The zero-order valence-electron chi connectivity index (χ0n) is 12.4. The number of thiophene rings is 1. The number of hydrogen-bond donors (Lipinski definition) is 3. The maximum Gasteiger partial charge on any atom is 0.418 e. The van der Waals surface area contributed by atoms with Gasteiger partial charge in [-0.3, -0.25) is 4.79 Å². The summed E-state index contributed by atoms with van der Waals surface area (Å²) in [5, 5.41) is 14.1. The van der Waals surface area contributed by atoms with Crippen LogP contribution in [0.25, 0.3) is 10.4 Å². The van der Waals surface area contributed by atoms with Crippen LogP contribution >= 0.6 is 22.9 Å². The van der Waals surface area contributed by atoms with Crippen LogP contribution < -0.4 is 11.1 Å². The molecule has 1 heterocycles. The van der Waals surface area contributed by atoms with Crippen LogP contribution in [0, 0.1) is 0 Å². The van der Waals surface area contributed by atoms with E-state index >= 15 is 0 Å². The zero-order chi connectivity index (χ0) is 18.1. The summed E-state index contributed by atoms with van der Waals surface area (Å²) in [6.07, 6.45) is -5.03. The number of amides is 1. The summed E-state index contributed by atoms with van der Waals surface area (Å²) in [6.45, 7) is 0.463. The molecule has 0 aliphatic rings. The summed E-state index contributed by atoms with van der Waals surface area (Å²) >= 11 is 7.11. The summed E-state index contributed by atoms with van der Waals surface area (Å²) in [6, 6.07) is 6.12. The standard InChI is InChI=1S/C15H14ClF3N2O2S/c1-14(23,15(17,18)19)12(20)13(22)21-10-6-7-24-11(10)8-2-4-9(16)5-3-8/h2-7,12,23H,20H2,1H3,(H,21,22). The number of carbonyl (C=O) groups excluding carboxylic acids is 1. The molecule has 0 saturated heterocycles. The SMILES string of the molecule is CC(O)(C(N)C(=O)Nc1ccsc1-c1ccc(Cl)cc1)C(F)(F)F. The Balaban J connectivity index is 2.22. The number of nitrogens with one attached hydrogen (secondary N) is 1. The average molecular weight is 379 g/mol. The predicted molar refractivity (Wildman–Crippen MR) is 88.0 cm³/mol. The van der Waals surface area contributed by atoms with E-state index in [-0.39, 0.29) is 0 Å². The van der Waals surface area contributed by atoms with E-state index in [1.807, 2.05) is 0 Å². The van der Waals surface area contributed by atoms with Crippen molar-refractivity contribution in [2.75, 3.05) is 5.32 Å². The molecule has 0 saturated carbocycles. The highest BCUT2D eigenvalue weighted by atomic mass is 35.5. The molecule has 0 fully saturated rings. The van der Waals surface area contributed by atoms with E-state index in [0.717, 1.165) is 5.56 Å². The summed E-state index contributed by atoms with van der Waals surface area (Å²) in [4.78, 5) is 12.7. The van der Waals surface area contributed by atoms with Crippen molar-refractivity contribution >= 4 is 34.5 Å². The molecular formula is C15H14ClF3N2O2S. The van der Waals surface area contributed by atoms with Gasteiger partial charge in [0.2, 0.25) is 5.91 Å². The largest absolute Gasteiger partial charge is 0.418 e. The number of hydrogen-bond acceptors (Lipinski definition) is 4. The maximum atomic E-state index is 12.8. The van der Waals surface area contributed by atoms with Crippen LogP contribution in [0.2, 0.25) is 5.02 Å². The van der Waals surface area contributed by atoms with Gasteiger partial charge in [-0.05, 0) is 36.1 Å². The van der Waals surface area contributed by atoms with Crippen LogP contribution in [0.3, 0.4) is 0 Å². The van der Waals surface area contributed by atoms with Gasteiger partial charge < -0.3 is 16.2 Å². The minimum Gasteiger partial charge on any atom is -0.379 e. The number of alkyl halides is 3. The monoisotopic (exact) mass is 378 g/mol. The Kier molecular flexibility index (Phi) is 5.24. The minimum atomic E-state index is -5.03. The van der Waals surface area contributed by atoms with Crippen molar-refractivity contribution in [1.82, 2.24) is 0 Å². The minimum absolute atomic E-state index is 0.306. The van der Waals surface area contributed by atoms with Gasteiger partial charge in [0.15, 0.2) is 5.60 Å². The number of anilines is 1. The van der Waals surface area contributed by atoms with Gasteiger partial charge in [-0.15, -0.1) is 11.3 Å². The van der Waals surface area contributed by atoms with Gasteiger partial charge in [0.25, 0.3) is 0 Å². The number of benzene rings is 1. The molecule has 4 N–H and O–H groups in total. The van der Waals surface area contributed by atoms with Gasteiger partial charge in [-0.1, -0.05) is 23.7 Å². The van der Waals surface area contributed by atoms with Crippen LogP contribution in [-0.2, 0) is 4.79 Å². The Morgan fingerprint density at radius 3 is 2.42 bits per heavy atom. The Labute approximate surface area is 145 Å². The van der Waals surface area contributed by atoms with Crippen molar-refractivity contribution in [3.8, 4) is 10.4 Å². The zero-order valence-corrected chi connectivity index (χ0v) is 14.0.